The number of rotatable bonds is 5. The second-order valence-corrected chi connectivity index (χ2v) is 5.59. The number of nitrogens with one attached hydrogen (secondary N) is 2. The molecule has 0 aliphatic rings. The first-order valence-electron chi connectivity index (χ1n) is 7.96. The Morgan fingerprint density at radius 2 is 1.58 bits per heavy atom. The highest BCUT2D eigenvalue weighted by molar-refractivity contribution is 6.04. The molecule has 0 saturated carbocycles. The molecular weight excluding hydrogens is 333 g/mol. The van der Waals surface area contributed by atoms with E-state index in [0.717, 1.165) is 0 Å². The minimum absolute atomic E-state index is 0.0494. The Bertz CT molecular complexity index is 912. The number of aromatic nitrogens is 1. The normalized spacial score (nSPS) is 10.2. The first kappa shape index (κ1) is 17.3. The number of benzene rings is 2. The Morgan fingerprint density at radius 3 is 2.23 bits per heavy atom. The molecule has 0 fully saturated rings. The van der Waals surface area contributed by atoms with Crippen molar-refractivity contribution in [2.75, 3.05) is 10.6 Å². The lowest BCUT2D eigenvalue weighted by molar-refractivity contribution is -0.115. The fourth-order valence-electron chi connectivity index (χ4n) is 2.36. The van der Waals surface area contributed by atoms with Crippen LogP contribution in [0, 0.1) is 5.82 Å². The van der Waals surface area contributed by atoms with Gasteiger partial charge in [0.2, 0.25) is 5.91 Å². The predicted octanol–water partition coefficient (Wildman–Crippen LogP) is 3.65. The van der Waals surface area contributed by atoms with Gasteiger partial charge in [0.1, 0.15) is 5.82 Å². The van der Waals surface area contributed by atoms with Gasteiger partial charge in [-0.1, -0.05) is 18.2 Å². The van der Waals surface area contributed by atoms with Gasteiger partial charge in [0.05, 0.1) is 12.0 Å². The molecule has 3 aromatic rings. The third-order valence-electron chi connectivity index (χ3n) is 3.66. The lowest BCUT2D eigenvalue weighted by Gasteiger charge is -2.08. The van der Waals surface area contributed by atoms with E-state index in [1.807, 2.05) is 0 Å². The molecule has 26 heavy (non-hydrogen) atoms. The van der Waals surface area contributed by atoms with E-state index >= 15 is 0 Å². The number of amides is 2. The van der Waals surface area contributed by atoms with Crippen LogP contribution in [-0.4, -0.2) is 16.8 Å². The van der Waals surface area contributed by atoms with Crippen LogP contribution in [0.3, 0.4) is 0 Å². The molecule has 0 spiro atoms. The summed E-state index contributed by atoms with van der Waals surface area (Å²) in [5.41, 5.74) is 1.94. The Hall–Kier alpha value is -3.54. The van der Waals surface area contributed by atoms with Crippen LogP contribution in [0.15, 0.2) is 73.1 Å². The summed E-state index contributed by atoms with van der Waals surface area (Å²) in [7, 11) is 0. The smallest absolute Gasteiger partial charge is 0.257 e. The van der Waals surface area contributed by atoms with Crippen molar-refractivity contribution in [3.63, 3.8) is 0 Å². The molecule has 0 unspecified atom stereocenters. The summed E-state index contributed by atoms with van der Waals surface area (Å²) in [5, 5.41) is 5.45. The zero-order valence-corrected chi connectivity index (χ0v) is 13.8. The van der Waals surface area contributed by atoms with Crippen molar-refractivity contribution in [1.29, 1.82) is 0 Å². The van der Waals surface area contributed by atoms with E-state index in [4.69, 9.17) is 0 Å². The van der Waals surface area contributed by atoms with Crippen molar-refractivity contribution in [2.24, 2.45) is 0 Å². The fourth-order valence-corrected chi connectivity index (χ4v) is 2.36. The largest absolute Gasteiger partial charge is 0.326 e. The topological polar surface area (TPSA) is 71.1 Å². The quantitative estimate of drug-likeness (QED) is 0.738. The van der Waals surface area contributed by atoms with E-state index in [2.05, 4.69) is 15.6 Å². The Balaban J connectivity index is 1.58. The molecule has 0 aliphatic heterocycles. The van der Waals surface area contributed by atoms with Gasteiger partial charge in [0.25, 0.3) is 5.91 Å². The van der Waals surface area contributed by atoms with E-state index in [0.29, 0.717) is 22.5 Å². The lowest BCUT2D eigenvalue weighted by Crippen LogP contribution is -2.15. The monoisotopic (exact) mass is 349 g/mol. The van der Waals surface area contributed by atoms with E-state index in [1.165, 1.54) is 12.3 Å². The van der Waals surface area contributed by atoms with Crippen molar-refractivity contribution in [3.8, 4) is 0 Å². The van der Waals surface area contributed by atoms with Crippen LogP contribution >= 0.6 is 0 Å². The summed E-state index contributed by atoms with van der Waals surface area (Å²) >= 11 is 0. The molecule has 1 aromatic heterocycles. The van der Waals surface area contributed by atoms with Gasteiger partial charge in [-0.25, -0.2) is 4.39 Å². The zero-order valence-electron chi connectivity index (χ0n) is 13.8. The van der Waals surface area contributed by atoms with Gasteiger partial charge in [0.15, 0.2) is 0 Å². The van der Waals surface area contributed by atoms with Crippen LogP contribution in [0.25, 0.3) is 0 Å². The summed E-state index contributed by atoms with van der Waals surface area (Å²) < 4.78 is 13.6. The Kier molecular flexibility index (Phi) is 5.34. The maximum Gasteiger partial charge on any atom is 0.257 e. The van der Waals surface area contributed by atoms with Gasteiger partial charge in [-0.15, -0.1) is 0 Å². The van der Waals surface area contributed by atoms with Gasteiger partial charge in [0, 0.05) is 23.8 Å². The first-order valence-corrected chi connectivity index (χ1v) is 7.96. The third-order valence-corrected chi connectivity index (χ3v) is 3.66. The average Bonchev–Trinajstić information content (AvgIpc) is 2.66. The number of pyridine rings is 1. The Labute approximate surface area is 149 Å². The Morgan fingerprint density at radius 1 is 0.885 bits per heavy atom. The maximum atomic E-state index is 13.6. The van der Waals surface area contributed by atoms with Gasteiger partial charge in [-0.3, -0.25) is 14.6 Å². The van der Waals surface area contributed by atoms with Crippen LogP contribution in [0.1, 0.15) is 15.9 Å². The van der Waals surface area contributed by atoms with E-state index in [9.17, 15) is 14.0 Å². The van der Waals surface area contributed by atoms with Crippen LogP contribution < -0.4 is 10.6 Å². The third kappa shape index (κ3) is 4.51. The van der Waals surface area contributed by atoms with Crippen molar-refractivity contribution in [3.05, 3.63) is 90.0 Å². The highest BCUT2D eigenvalue weighted by Crippen LogP contribution is 2.15. The molecule has 0 atom stereocenters. The van der Waals surface area contributed by atoms with Crippen LogP contribution in [0.5, 0.6) is 0 Å². The summed E-state index contributed by atoms with van der Waals surface area (Å²) in [5.74, 6) is -0.993. The standard InChI is InChI=1S/C20H16FN3O2/c21-18-6-2-1-4-14(18)12-19(25)23-16-7-9-17(10-8-16)24-20(26)15-5-3-11-22-13-15/h1-11,13H,12H2,(H,23,25)(H,24,26). The van der Waals surface area contributed by atoms with Crippen LogP contribution in [0.2, 0.25) is 0 Å². The number of hydrogen-bond donors (Lipinski definition) is 2. The molecule has 2 amide bonds. The molecule has 2 aromatic carbocycles. The highest BCUT2D eigenvalue weighted by Gasteiger charge is 2.09. The molecule has 5 nitrogen and oxygen atoms in total. The second-order valence-electron chi connectivity index (χ2n) is 5.59. The second kappa shape index (κ2) is 8.02. The van der Waals surface area contributed by atoms with Gasteiger partial charge >= 0.3 is 0 Å². The molecule has 0 saturated heterocycles. The number of carbonyl (C=O) groups is 2. The summed E-state index contributed by atoms with van der Waals surface area (Å²) in [4.78, 5) is 28.0. The molecule has 0 aliphatic carbocycles. The molecule has 130 valence electrons. The van der Waals surface area contributed by atoms with Crippen molar-refractivity contribution >= 4 is 23.2 Å². The summed E-state index contributed by atoms with van der Waals surface area (Å²) in [6.45, 7) is 0. The predicted molar refractivity (Wildman–Crippen MR) is 97.4 cm³/mol. The lowest BCUT2D eigenvalue weighted by atomic mass is 10.1. The fraction of sp³-hybridized carbons (Fsp3) is 0.0500. The molecule has 0 radical (unpaired) electrons. The minimum atomic E-state index is -0.406. The van der Waals surface area contributed by atoms with Crippen molar-refractivity contribution < 1.29 is 14.0 Å². The van der Waals surface area contributed by atoms with Gasteiger partial charge < -0.3 is 10.6 Å². The van der Waals surface area contributed by atoms with E-state index in [1.54, 1.807) is 60.8 Å². The highest BCUT2D eigenvalue weighted by atomic mass is 19.1. The molecule has 1 heterocycles. The number of hydrogen-bond acceptors (Lipinski definition) is 3. The number of nitrogens with zero attached hydrogens (tertiary/aromatic N) is 1. The van der Waals surface area contributed by atoms with Crippen molar-refractivity contribution in [1.82, 2.24) is 4.98 Å². The van der Waals surface area contributed by atoms with Gasteiger partial charge in [-0.05, 0) is 48.0 Å². The van der Waals surface area contributed by atoms with Crippen LogP contribution in [-0.2, 0) is 11.2 Å². The molecule has 6 heteroatoms. The number of halogens is 1. The summed E-state index contributed by atoms with van der Waals surface area (Å²) in [6.07, 6.45) is 3.02. The van der Waals surface area contributed by atoms with E-state index < -0.39 is 5.82 Å². The van der Waals surface area contributed by atoms with Gasteiger partial charge in [-0.2, -0.15) is 0 Å². The SMILES string of the molecule is O=C(Cc1ccccc1F)Nc1ccc(NC(=O)c2cccnc2)cc1. The average molecular weight is 349 g/mol. The molecule has 2 N–H and O–H groups in total. The molecular formula is C20H16FN3O2. The van der Waals surface area contributed by atoms with E-state index in [-0.39, 0.29) is 18.2 Å². The van der Waals surface area contributed by atoms with Crippen molar-refractivity contribution in [2.45, 2.75) is 6.42 Å². The number of anilines is 2. The first-order chi connectivity index (χ1) is 12.6. The van der Waals surface area contributed by atoms with Crippen LogP contribution in [0.4, 0.5) is 15.8 Å². The molecule has 3 rings (SSSR count). The zero-order chi connectivity index (χ0) is 18.4. The number of carbonyl (C=O) groups excluding carboxylic acids is 2. The maximum absolute atomic E-state index is 13.6. The summed E-state index contributed by atoms with van der Waals surface area (Å²) in [6, 6.07) is 16.2. The molecule has 0 bridgehead atoms. The minimum Gasteiger partial charge on any atom is -0.326 e.